The molecule has 3 rings (SSSR count). The average Bonchev–Trinajstić information content (AvgIpc) is 3.12. The van der Waals surface area contributed by atoms with E-state index in [4.69, 9.17) is 0 Å². The quantitative estimate of drug-likeness (QED) is 0.768. The second kappa shape index (κ2) is 8.02. The molecule has 5 heteroatoms. The molecule has 1 aliphatic heterocycles. The van der Waals surface area contributed by atoms with Gasteiger partial charge in [-0.1, -0.05) is 6.42 Å². The van der Waals surface area contributed by atoms with Crippen LogP contribution < -0.4 is 0 Å². The third kappa shape index (κ3) is 4.33. The van der Waals surface area contributed by atoms with E-state index in [0.29, 0.717) is 6.04 Å². The Balaban J connectivity index is 1.61. The summed E-state index contributed by atoms with van der Waals surface area (Å²) in [7, 11) is 4.26. The largest absolute Gasteiger partial charge is 0.299 e. The molecule has 1 unspecified atom stereocenters. The summed E-state index contributed by atoms with van der Waals surface area (Å²) in [5.74, 6) is 0. The maximum absolute atomic E-state index is 4.58. The smallest absolute Gasteiger partial charge is 0.0644 e. The summed E-state index contributed by atoms with van der Waals surface area (Å²) in [6.07, 6.45) is 4.13. The van der Waals surface area contributed by atoms with E-state index in [1.807, 2.05) is 23.1 Å². The van der Waals surface area contributed by atoms with Crippen LogP contribution in [0, 0.1) is 13.8 Å². The van der Waals surface area contributed by atoms with Gasteiger partial charge in [0.2, 0.25) is 0 Å². The number of piperidine rings is 1. The molecule has 2 aromatic heterocycles. The lowest BCUT2D eigenvalue weighted by Gasteiger charge is -2.26. The Morgan fingerprint density at radius 1 is 1.24 bits per heavy atom. The molecule has 1 saturated heterocycles. The highest BCUT2D eigenvalue weighted by Gasteiger charge is 2.20. The van der Waals surface area contributed by atoms with E-state index in [0.717, 1.165) is 18.8 Å². The normalized spacial score (nSPS) is 17.4. The van der Waals surface area contributed by atoms with Gasteiger partial charge >= 0.3 is 0 Å². The molecule has 0 bridgehead atoms. The van der Waals surface area contributed by atoms with Gasteiger partial charge in [0, 0.05) is 42.3 Å². The van der Waals surface area contributed by atoms with Crippen LogP contribution in [-0.2, 0) is 20.1 Å². The predicted octanol–water partition coefficient (Wildman–Crippen LogP) is 4.28. The number of aromatic nitrogens is 2. The third-order valence-electron chi connectivity index (χ3n) is 5.61. The van der Waals surface area contributed by atoms with Gasteiger partial charge in [-0.05, 0) is 70.8 Å². The molecule has 0 radical (unpaired) electrons. The van der Waals surface area contributed by atoms with Crippen LogP contribution in [0.15, 0.2) is 11.4 Å². The van der Waals surface area contributed by atoms with Crippen LogP contribution in [0.2, 0.25) is 0 Å². The number of hydrogen-bond donors (Lipinski definition) is 0. The van der Waals surface area contributed by atoms with E-state index in [2.05, 4.69) is 54.2 Å². The first-order valence-corrected chi connectivity index (χ1v) is 10.3. The van der Waals surface area contributed by atoms with Crippen molar-refractivity contribution in [3.8, 4) is 0 Å². The maximum atomic E-state index is 4.58. The van der Waals surface area contributed by atoms with Gasteiger partial charge < -0.3 is 0 Å². The Kier molecular flexibility index (Phi) is 5.97. The number of nitrogens with zero attached hydrogens (tertiary/aromatic N) is 4. The molecule has 0 amide bonds. The molecule has 0 aromatic carbocycles. The molecule has 0 spiro atoms. The van der Waals surface area contributed by atoms with E-state index in [1.54, 1.807) is 0 Å². The number of rotatable bonds is 6. The van der Waals surface area contributed by atoms with Gasteiger partial charge in [0.15, 0.2) is 0 Å². The van der Waals surface area contributed by atoms with Crippen LogP contribution in [0.1, 0.15) is 59.6 Å². The fourth-order valence-corrected chi connectivity index (χ4v) is 4.91. The van der Waals surface area contributed by atoms with Crippen LogP contribution in [0.5, 0.6) is 0 Å². The maximum Gasteiger partial charge on any atom is 0.0644 e. The SMILES string of the molecule is Cc1nn(C)c(C)c1C(C)N(C)Cc1cc(CN2CCCCC2)cs1. The van der Waals surface area contributed by atoms with Crippen LogP contribution in [0.25, 0.3) is 0 Å². The fraction of sp³-hybridized carbons (Fsp3) is 0.650. The van der Waals surface area contributed by atoms with E-state index in [-0.39, 0.29) is 0 Å². The molecule has 4 nitrogen and oxygen atoms in total. The first-order valence-electron chi connectivity index (χ1n) is 9.44. The minimum Gasteiger partial charge on any atom is -0.299 e. The van der Waals surface area contributed by atoms with Gasteiger partial charge in [-0.2, -0.15) is 5.10 Å². The van der Waals surface area contributed by atoms with Crippen LogP contribution in [-0.4, -0.2) is 39.7 Å². The second-order valence-electron chi connectivity index (χ2n) is 7.56. The monoisotopic (exact) mass is 360 g/mol. The molecular formula is C20H32N4S. The molecule has 0 aliphatic carbocycles. The summed E-state index contributed by atoms with van der Waals surface area (Å²) in [5, 5.41) is 6.93. The molecule has 2 aromatic rings. The number of thiophene rings is 1. The standard InChI is InChI=1S/C20H32N4S/c1-15-20(17(3)23(5)21-15)16(2)22(4)13-19-11-18(14-25-19)12-24-9-7-6-8-10-24/h11,14,16H,6-10,12-13H2,1-5H3. The van der Waals surface area contributed by atoms with Crippen LogP contribution in [0.3, 0.4) is 0 Å². The zero-order chi connectivity index (χ0) is 18.0. The van der Waals surface area contributed by atoms with Crippen molar-refractivity contribution in [1.29, 1.82) is 0 Å². The Bertz CT molecular complexity index is 697. The Labute approximate surface area is 156 Å². The highest BCUT2D eigenvalue weighted by atomic mass is 32.1. The van der Waals surface area contributed by atoms with Crippen molar-refractivity contribution in [2.24, 2.45) is 7.05 Å². The van der Waals surface area contributed by atoms with E-state index < -0.39 is 0 Å². The first-order chi connectivity index (χ1) is 12.0. The zero-order valence-electron chi connectivity index (χ0n) is 16.4. The van der Waals surface area contributed by atoms with E-state index in [9.17, 15) is 0 Å². The molecule has 138 valence electrons. The lowest BCUT2D eigenvalue weighted by Crippen LogP contribution is -2.28. The van der Waals surface area contributed by atoms with Crippen LogP contribution >= 0.6 is 11.3 Å². The molecule has 25 heavy (non-hydrogen) atoms. The van der Waals surface area contributed by atoms with Crippen molar-refractivity contribution in [1.82, 2.24) is 19.6 Å². The molecular weight excluding hydrogens is 328 g/mol. The number of aryl methyl sites for hydroxylation is 2. The van der Waals surface area contributed by atoms with E-state index >= 15 is 0 Å². The average molecular weight is 361 g/mol. The topological polar surface area (TPSA) is 24.3 Å². The second-order valence-corrected chi connectivity index (χ2v) is 8.55. The summed E-state index contributed by atoms with van der Waals surface area (Å²) in [5.41, 5.74) is 5.27. The predicted molar refractivity (Wildman–Crippen MR) is 106 cm³/mol. The molecule has 1 aliphatic rings. The van der Waals surface area contributed by atoms with Crippen molar-refractivity contribution in [2.75, 3.05) is 20.1 Å². The van der Waals surface area contributed by atoms with E-state index in [1.165, 1.54) is 54.0 Å². The summed E-state index contributed by atoms with van der Waals surface area (Å²) >= 11 is 1.90. The Morgan fingerprint density at radius 3 is 2.60 bits per heavy atom. The highest BCUT2D eigenvalue weighted by molar-refractivity contribution is 7.10. The summed E-state index contributed by atoms with van der Waals surface area (Å²) in [6, 6.07) is 2.78. The molecule has 1 fully saturated rings. The third-order valence-corrected chi connectivity index (χ3v) is 6.58. The molecule has 3 heterocycles. The van der Waals surface area contributed by atoms with Crippen molar-refractivity contribution >= 4 is 11.3 Å². The van der Waals surface area contributed by atoms with Crippen LogP contribution in [0.4, 0.5) is 0 Å². The Hall–Kier alpha value is -1.17. The van der Waals surface area contributed by atoms with Gasteiger partial charge in [-0.15, -0.1) is 11.3 Å². The van der Waals surface area contributed by atoms with Gasteiger partial charge in [-0.25, -0.2) is 0 Å². The minimum atomic E-state index is 0.376. The van der Waals surface area contributed by atoms with Gasteiger partial charge in [0.05, 0.1) is 5.69 Å². The lowest BCUT2D eigenvalue weighted by atomic mass is 10.1. The fourth-order valence-electron chi connectivity index (χ4n) is 3.97. The van der Waals surface area contributed by atoms with Crippen molar-refractivity contribution in [3.63, 3.8) is 0 Å². The minimum absolute atomic E-state index is 0.376. The zero-order valence-corrected chi connectivity index (χ0v) is 17.2. The van der Waals surface area contributed by atoms with Gasteiger partial charge in [-0.3, -0.25) is 14.5 Å². The molecule has 1 atom stereocenters. The highest BCUT2D eigenvalue weighted by Crippen LogP contribution is 2.28. The summed E-state index contributed by atoms with van der Waals surface area (Å²) < 4.78 is 2.00. The molecule has 0 N–H and O–H groups in total. The van der Waals surface area contributed by atoms with Crippen molar-refractivity contribution in [2.45, 2.75) is 59.2 Å². The first kappa shape index (κ1) is 18.6. The van der Waals surface area contributed by atoms with Crippen molar-refractivity contribution in [3.05, 3.63) is 38.8 Å². The number of hydrogen-bond acceptors (Lipinski definition) is 4. The number of likely N-dealkylation sites (tertiary alicyclic amines) is 1. The molecule has 0 saturated carbocycles. The summed E-state index contributed by atoms with van der Waals surface area (Å²) in [4.78, 5) is 6.50. The van der Waals surface area contributed by atoms with Gasteiger partial charge in [0.1, 0.15) is 0 Å². The van der Waals surface area contributed by atoms with Crippen molar-refractivity contribution < 1.29 is 0 Å². The lowest BCUT2D eigenvalue weighted by molar-refractivity contribution is 0.221. The van der Waals surface area contributed by atoms with Gasteiger partial charge in [0.25, 0.3) is 0 Å². The Morgan fingerprint density at radius 2 is 1.96 bits per heavy atom. The summed E-state index contributed by atoms with van der Waals surface area (Å²) in [6.45, 7) is 11.2.